The van der Waals surface area contributed by atoms with Gasteiger partial charge in [-0.3, -0.25) is 0 Å². The predicted octanol–water partition coefficient (Wildman–Crippen LogP) is 4.57. The SMILES string of the molecule is COc1ccc(C=Nn2c(-c3ccccc3C)n[nH]c2=S)cc1Br. The molecule has 0 aliphatic rings. The fraction of sp³-hybridized carbons (Fsp3) is 0.118. The molecule has 7 heteroatoms. The number of aromatic nitrogens is 3. The molecular formula is C17H15BrN4OS. The summed E-state index contributed by atoms with van der Waals surface area (Å²) in [5.74, 6) is 1.45. The Kier molecular flexibility index (Phi) is 4.92. The van der Waals surface area contributed by atoms with Crippen LogP contribution in [0.5, 0.6) is 5.75 Å². The lowest BCUT2D eigenvalue weighted by Crippen LogP contribution is -1.96. The number of aromatic amines is 1. The number of nitrogens with one attached hydrogen (secondary N) is 1. The molecule has 0 bridgehead atoms. The zero-order chi connectivity index (χ0) is 17.1. The molecule has 122 valence electrons. The highest BCUT2D eigenvalue weighted by molar-refractivity contribution is 9.10. The molecule has 1 heterocycles. The first-order valence-corrected chi connectivity index (χ1v) is 8.41. The second kappa shape index (κ2) is 7.11. The van der Waals surface area contributed by atoms with E-state index < -0.39 is 0 Å². The Labute approximate surface area is 153 Å². The molecule has 0 unspecified atom stereocenters. The molecule has 0 fully saturated rings. The van der Waals surface area contributed by atoms with Crippen LogP contribution in [-0.4, -0.2) is 28.2 Å². The monoisotopic (exact) mass is 402 g/mol. The van der Waals surface area contributed by atoms with Crippen molar-refractivity contribution >= 4 is 34.4 Å². The third kappa shape index (κ3) is 3.32. The highest BCUT2D eigenvalue weighted by Crippen LogP contribution is 2.25. The Morgan fingerprint density at radius 1 is 1.29 bits per heavy atom. The quantitative estimate of drug-likeness (QED) is 0.513. The summed E-state index contributed by atoms with van der Waals surface area (Å²) in [5, 5.41) is 11.6. The molecule has 0 radical (unpaired) electrons. The Morgan fingerprint density at radius 2 is 2.08 bits per heavy atom. The van der Waals surface area contributed by atoms with Crippen molar-refractivity contribution in [1.82, 2.24) is 14.9 Å². The van der Waals surface area contributed by atoms with E-state index in [1.165, 1.54) is 0 Å². The van der Waals surface area contributed by atoms with Gasteiger partial charge in [-0.2, -0.15) is 14.9 Å². The summed E-state index contributed by atoms with van der Waals surface area (Å²) >= 11 is 8.77. The van der Waals surface area contributed by atoms with Crippen LogP contribution in [0.2, 0.25) is 0 Å². The zero-order valence-electron chi connectivity index (χ0n) is 13.2. The van der Waals surface area contributed by atoms with Crippen LogP contribution in [0.15, 0.2) is 52.0 Å². The van der Waals surface area contributed by atoms with Crippen molar-refractivity contribution in [3.05, 3.63) is 62.8 Å². The summed E-state index contributed by atoms with van der Waals surface area (Å²) in [6.07, 6.45) is 1.73. The molecule has 0 spiro atoms. The van der Waals surface area contributed by atoms with Gasteiger partial charge >= 0.3 is 0 Å². The molecule has 24 heavy (non-hydrogen) atoms. The molecule has 5 nitrogen and oxygen atoms in total. The smallest absolute Gasteiger partial charge is 0.216 e. The third-order valence-corrected chi connectivity index (χ3v) is 4.42. The summed E-state index contributed by atoms with van der Waals surface area (Å²) in [7, 11) is 1.63. The normalized spacial score (nSPS) is 11.1. The summed E-state index contributed by atoms with van der Waals surface area (Å²) < 4.78 is 8.16. The van der Waals surface area contributed by atoms with Crippen LogP contribution in [0.1, 0.15) is 11.1 Å². The van der Waals surface area contributed by atoms with E-state index in [0.717, 1.165) is 26.9 Å². The average Bonchev–Trinajstić information content (AvgIpc) is 2.94. The molecule has 0 amide bonds. The zero-order valence-corrected chi connectivity index (χ0v) is 15.6. The number of benzene rings is 2. The standard InChI is InChI=1S/C17H15BrN4OS/c1-11-5-3-4-6-13(11)16-20-21-17(24)22(16)19-10-12-7-8-15(23-2)14(18)9-12/h3-10H,1-2H3,(H,21,24). The molecule has 0 atom stereocenters. The summed E-state index contributed by atoms with van der Waals surface area (Å²) in [4.78, 5) is 0. The van der Waals surface area contributed by atoms with Gasteiger partial charge in [0.25, 0.3) is 0 Å². The number of hydrogen-bond acceptors (Lipinski definition) is 4. The van der Waals surface area contributed by atoms with E-state index in [1.807, 2.05) is 49.4 Å². The van der Waals surface area contributed by atoms with Crippen LogP contribution < -0.4 is 4.74 Å². The van der Waals surface area contributed by atoms with E-state index in [-0.39, 0.29) is 0 Å². The minimum absolute atomic E-state index is 0.442. The molecule has 3 rings (SSSR count). The minimum atomic E-state index is 0.442. The molecule has 0 saturated heterocycles. The second-order valence-corrected chi connectivity index (χ2v) is 6.36. The lowest BCUT2D eigenvalue weighted by Gasteiger charge is -2.05. The number of rotatable bonds is 4. The van der Waals surface area contributed by atoms with Crippen molar-refractivity contribution in [2.45, 2.75) is 6.92 Å². The summed E-state index contributed by atoms with van der Waals surface area (Å²) in [6, 6.07) is 13.7. The van der Waals surface area contributed by atoms with E-state index in [9.17, 15) is 0 Å². The van der Waals surface area contributed by atoms with Gasteiger partial charge in [-0.25, -0.2) is 5.10 Å². The van der Waals surface area contributed by atoms with E-state index in [2.05, 4.69) is 31.2 Å². The molecule has 1 N–H and O–H groups in total. The predicted molar refractivity (Wildman–Crippen MR) is 101 cm³/mol. The Balaban J connectivity index is 1.99. The first-order valence-electron chi connectivity index (χ1n) is 7.21. The molecule has 2 aromatic carbocycles. The summed E-state index contributed by atoms with van der Waals surface area (Å²) in [5.41, 5.74) is 3.01. The third-order valence-electron chi connectivity index (χ3n) is 3.53. The van der Waals surface area contributed by atoms with E-state index in [0.29, 0.717) is 10.6 Å². The van der Waals surface area contributed by atoms with Crippen molar-refractivity contribution < 1.29 is 4.74 Å². The number of ether oxygens (including phenoxy) is 1. The van der Waals surface area contributed by atoms with Crippen molar-refractivity contribution in [2.75, 3.05) is 7.11 Å². The van der Waals surface area contributed by atoms with Crippen molar-refractivity contribution in [2.24, 2.45) is 5.10 Å². The van der Waals surface area contributed by atoms with Gasteiger partial charge in [0, 0.05) is 5.56 Å². The number of aryl methyl sites for hydroxylation is 1. The Hall–Kier alpha value is -2.25. The molecular weight excluding hydrogens is 388 g/mol. The van der Waals surface area contributed by atoms with Gasteiger partial charge < -0.3 is 4.74 Å². The fourth-order valence-electron chi connectivity index (χ4n) is 2.28. The van der Waals surface area contributed by atoms with Gasteiger partial charge in [0.15, 0.2) is 5.82 Å². The topological polar surface area (TPSA) is 55.2 Å². The van der Waals surface area contributed by atoms with Gasteiger partial charge in [-0.15, -0.1) is 0 Å². The number of H-pyrrole nitrogens is 1. The molecule has 0 aliphatic carbocycles. The molecule has 3 aromatic rings. The average molecular weight is 403 g/mol. The Morgan fingerprint density at radius 3 is 2.79 bits per heavy atom. The first kappa shape index (κ1) is 16.6. The van der Waals surface area contributed by atoms with Crippen LogP contribution in [-0.2, 0) is 0 Å². The van der Waals surface area contributed by atoms with Gasteiger partial charge in [-0.05, 0) is 64.4 Å². The second-order valence-electron chi connectivity index (χ2n) is 5.12. The van der Waals surface area contributed by atoms with E-state index in [4.69, 9.17) is 17.0 Å². The molecule has 0 saturated carbocycles. The number of halogens is 1. The van der Waals surface area contributed by atoms with Crippen molar-refractivity contribution in [1.29, 1.82) is 0 Å². The highest BCUT2D eigenvalue weighted by Gasteiger charge is 2.10. The van der Waals surface area contributed by atoms with E-state index >= 15 is 0 Å². The van der Waals surface area contributed by atoms with Crippen LogP contribution in [0.4, 0.5) is 0 Å². The van der Waals surface area contributed by atoms with E-state index in [1.54, 1.807) is 18.0 Å². The maximum absolute atomic E-state index is 5.30. The molecule has 0 aliphatic heterocycles. The first-order chi connectivity index (χ1) is 11.6. The Bertz CT molecular complexity index is 961. The van der Waals surface area contributed by atoms with Crippen LogP contribution in [0.3, 0.4) is 0 Å². The van der Waals surface area contributed by atoms with Crippen molar-refractivity contribution in [3.63, 3.8) is 0 Å². The van der Waals surface area contributed by atoms with Gasteiger partial charge in [0.2, 0.25) is 4.77 Å². The van der Waals surface area contributed by atoms with Gasteiger partial charge in [0.1, 0.15) is 5.75 Å². The minimum Gasteiger partial charge on any atom is -0.496 e. The van der Waals surface area contributed by atoms with Crippen LogP contribution in [0, 0.1) is 11.7 Å². The van der Waals surface area contributed by atoms with Gasteiger partial charge in [0.05, 0.1) is 17.8 Å². The lowest BCUT2D eigenvalue weighted by molar-refractivity contribution is 0.412. The van der Waals surface area contributed by atoms with Gasteiger partial charge in [-0.1, -0.05) is 24.3 Å². The molecule has 1 aromatic heterocycles. The van der Waals surface area contributed by atoms with Crippen molar-refractivity contribution in [3.8, 4) is 17.1 Å². The largest absolute Gasteiger partial charge is 0.496 e. The maximum Gasteiger partial charge on any atom is 0.216 e. The fourth-order valence-corrected chi connectivity index (χ4v) is 3.02. The lowest BCUT2D eigenvalue weighted by atomic mass is 10.1. The number of nitrogens with zero attached hydrogens (tertiary/aromatic N) is 3. The summed E-state index contributed by atoms with van der Waals surface area (Å²) in [6.45, 7) is 2.03. The number of methoxy groups -OCH3 is 1. The number of hydrogen-bond donors (Lipinski definition) is 1. The van der Waals surface area contributed by atoms with Crippen LogP contribution >= 0.6 is 28.1 Å². The van der Waals surface area contributed by atoms with Crippen LogP contribution in [0.25, 0.3) is 11.4 Å². The maximum atomic E-state index is 5.30. The highest BCUT2D eigenvalue weighted by atomic mass is 79.9.